The van der Waals surface area contributed by atoms with E-state index in [1.54, 1.807) is 116 Å². The average Bonchev–Trinajstić information content (AvgIpc) is 3.33. The van der Waals surface area contributed by atoms with Gasteiger partial charge in [-0.3, -0.25) is 33.6 Å². The zero-order valence-electron chi connectivity index (χ0n) is 46.1. The number of amides is 8. The number of rotatable bonds is 30. The van der Waals surface area contributed by atoms with Gasteiger partial charge in [-0.2, -0.15) is 0 Å². The van der Waals surface area contributed by atoms with Crippen LogP contribution in [-0.4, -0.2) is 132 Å². The highest BCUT2D eigenvalue weighted by atomic mass is 16.6. The molecule has 0 aromatic heterocycles. The van der Waals surface area contributed by atoms with Gasteiger partial charge in [-0.05, 0) is 75.3 Å². The molecule has 2 aromatic rings. The topological polar surface area (TPSA) is 332 Å². The van der Waals surface area contributed by atoms with Gasteiger partial charge in [0.1, 0.15) is 60.5 Å². The summed E-state index contributed by atoms with van der Waals surface area (Å²) in [4.78, 5) is 133. The van der Waals surface area contributed by atoms with Gasteiger partial charge in [-0.15, -0.1) is 0 Å². The number of benzene rings is 2. The predicted molar refractivity (Wildman–Crippen MR) is 283 cm³/mol. The van der Waals surface area contributed by atoms with Crippen molar-refractivity contribution in [3.8, 4) is 0 Å². The summed E-state index contributed by atoms with van der Waals surface area (Å²) < 4.78 is 10.8. The Balaban J connectivity index is 2.29. The summed E-state index contributed by atoms with van der Waals surface area (Å²) in [6, 6.07) is 8.51. The number of ether oxygens (including phenoxy) is 2. The van der Waals surface area contributed by atoms with E-state index in [1.165, 1.54) is 6.92 Å². The number of carbonyl (C=O) groups is 10. The maximum absolute atomic E-state index is 14.2. The summed E-state index contributed by atoms with van der Waals surface area (Å²) in [7, 11) is 0. The Morgan fingerprint density at radius 3 is 1.53 bits per heavy atom. The number of nitrogens with one attached hydrogen (secondary N) is 8. The van der Waals surface area contributed by atoms with Gasteiger partial charge in [-0.1, -0.05) is 122 Å². The number of nitrogens with two attached hydrogens (primary N) is 1. The molecule has 0 aliphatic heterocycles. The van der Waals surface area contributed by atoms with Crippen LogP contribution in [0.3, 0.4) is 0 Å². The van der Waals surface area contributed by atoms with E-state index in [0.29, 0.717) is 17.5 Å². The highest BCUT2D eigenvalue weighted by Gasteiger charge is 2.36. The van der Waals surface area contributed by atoms with Crippen molar-refractivity contribution in [2.75, 3.05) is 13.1 Å². The van der Waals surface area contributed by atoms with Crippen molar-refractivity contribution in [1.29, 1.82) is 0 Å². The summed E-state index contributed by atoms with van der Waals surface area (Å²) in [6.45, 7) is 19.4. The van der Waals surface area contributed by atoms with Crippen molar-refractivity contribution in [3.63, 3.8) is 0 Å². The van der Waals surface area contributed by atoms with E-state index >= 15 is 0 Å². The lowest BCUT2D eigenvalue weighted by Gasteiger charge is -2.28. The lowest BCUT2D eigenvalue weighted by Crippen LogP contribution is -2.59. The molecule has 0 aliphatic carbocycles. The Morgan fingerprint density at radius 1 is 0.553 bits per heavy atom. The van der Waals surface area contributed by atoms with Crippen LogP contribution in [0.15, 0.2) is 60.7 Å². The number of hydrogen-bond donors (Lipinski definition) is 10. The molecule has 2 aromatic carbocycles. The molecule has 0 unspecified atom stereocenters. The van der Waals surface area contributed by atoms with Crippen LogP contribution in [0.5, 0.6) is 0 Å². The molecule has 0 saturated carbocycles. The number of hydrogen-bond acceptors (Lipinski definition) is 13. The lowest BCUT2D eigenvalue weighted by atomic mass is 9.96. The number of carbonyl (C=O) groups excluding carboxylic acids is 9. The number of carboxylic acids is 1. The van der Waals surface area contributed by atoms with Crippen molar-refractivity contribution >= 4 is 59.4 Å². The molecule has 0 heterocycles. The minimum Gasteiger partial charge on any atom is -0.480 e. The van der Waals surface area contributed by atoms with E-state index in [9.17, 15) is 53.1 Å². The third kappa shape index (κ3) is 24.1. The van der Waals surface area contributed by atoms with Gasteiger partial charge in [0.2, 0.25) is 41.4 Å². The second kappa shape index (κ2) is 31.7. The third-order valence-electron chi connectivity index (χ3n) is 11.9. The van der Waals surface area contributed by atoms with E-state index in [2.05, 4.69) is 42.5 Å². The largest absolute Gasteiger partial charge is 0.480 e. The molecule has 11 N–H and O–H groups in total. The molecule has 422 valence electrons. The predicted octanol–water partition coefficient (Wildman–Crippen LogP) is 2.16. The maximum atomic E-state index is 14.2. The van der Waals surface area contributed by atoms with Crippen LogP contribution in [0.1, 0.15) is 113 Å². The molecule has 8 amide bonds. The van der Waals surface area contributed by atoms with Crippen LogP contribution in [0.25, 0.3) is 0 Å². The molecule has 0 radical (unpaired) electrons. The fourth-order valence-electron chi connectivity index (χ4n) is 7.56. The third-order valence-corrected chi connectivity index (χ3v) is 11.9. The first kappa shape index (κ1) is 65.0. The molecule has 0 bridgehead atoms. The average molecular weight is 1070 g/mol. The SMILES string of the molecule is CC[C@H](C)[C@H](NC(=O)CNC(=O)OC(C)(C)C)C(=O)N[C@@H](CC(C)C)C(=O)NCC(=O)N[C@@H](Cc1ccccc1)C(=O)N[C@H](C(=O)N[C@@H](Cc1ccccc1)C(=O)O[C@H](C)[C@H](N)C(=O)N[C@@H](CC(C)C)C(=O)O)C(C)C. The fraction of sp³-hybridized carbons (Fsp3) is 0.593. The molecule has 0 fully saturated rings. The van der Waals surface area contributed by atoms with Gasteiger partial charge in [0.05, 0.1) is 6.54 Å². The molecule has 0 saturated heterocycles. The van der Waals surface area contributed by atoms with Crippen LogP contribution in [-0.2, 0) is 65.5 Å². The van der Waals surface area contributed by atoms with E-state index in [4.69, 9.17) is 15.2 Å². The van der Waals surface area contributed by atoms with Gasteiger partial charge < -0.3 is 62.8 Å². The summed E-state index contributed by atoms with van der Waals surface area (Å²) in [5.41, 5.74) is 6.61. The summed E-state index contributed by atoms with van der Waals surface area (Å²) in [5, 5.41) is 30.3. The van der Waals surface area contributed by atoms with E-state index in [0.717, 1.165) is 0 Å². The van der Waals surface area contributed by atoms with Crippen LogP contribution in [0.4, 0.5) is 4.79 Å². The zero-order chi connectivity index (χ0) is 57.4. The minimum atomic E-state index is -1.47. The molecule has 0 aliphatic rings. The molecule has 2 rings (SSSR count). The van der Waals surface area contributed by atoms with Crippen LogP contribution in [0, 0.1) is 23.7 Å². The van der Waals surface area contributed by atoms with Gasteiger partial charge in [0.25, 0.3) is 0 Å². The van der Waals surface area contributed by atoms with Gasteiger partial charge in [-0.25, -0.2) is 14.4 Å². The Hall–Kier alpha value is -7.10. The summed E-state index contributed by atoms with van der Waals surface area (Å²) >= 11 is 0. The molecular weight excluding hydrogens is 983 g/mol. The monoisotopic (exact) mass is 1070 g/mol. The lowest BCUT2D eigenvalue weighted by molar-refractivity contribution is -0.155. The van der Waals surface area contributed by atoms with Gasteiger partial charge >= 0.3 is 18.0 Å². The first-order valence-corrected chi connectivity index (χ1v) is 25.8. The first-order valence-electron chi connectivity index (χ1n) is 25.8. The second-order valence-corrected chi connectivity index (χ2v) is 21.2. The molecular formula is C54H83N9O13. The smallest absolute Gasteiger partial charge is 0.408 e. The van der Waals surface area contributed by atoms with Crippen LogP contribution in [0.2, 0.25) is 0 Å². The Kier molecular flexibility index (Phi) is 27.1. The minimum absolute atomic E-state index is 0.0415. The molecule has 76 heavy (non-hydrogen) atoms. The van der Waals surface area contributed by atoms with Crippen molar-refractivity contribution in [3.05, 3.63) is 71.8 Å². The molecule has 0 spiro atoms. The Morgan fingerprint density at radius 2 is 1.03 bits per heavy atom. The van der Waals surface area contributed by atoms with Crippen molar-refractivity contribution < 1.29 is 62.5 Å². The first-order chi connectivity index (χ1) is 35.5. The Labute approximate surface area is 446 Å². The molecule has 22 heteroatoms. The van der Waals surface area contributed by atoms with Crippen molar-refractivity contribution in [1.82, 2.24) is 42.5 Å². The Bertz CT molecular complexity index is 2260. The molecule has 9 atom stereocenters. The standard InChI is InChI=1S/C54H83N9O13/c1-13-33(8)45(62-42(65)29-57-53(74)76-54(10,11)12)50(70)59-37(24-30(2)3)46(66)56-28-41(64)58-38(26-35-20-16-14-17-21-35)47(67)63-44(32(6)7)49(69)61-40(27-36-22-18-15-19-23-36)52(73)75-34(9)43(55)48(68)60-39(51(71)72)25-31(4)5/h14-23,30-34,37-40,43-45H,13,24-29,55H2,1-12H3,(H,56,66)(H,57,74)(H,58,64)(H,59,70)(H,60,68)(H,61,69)(H,62,65)(H,63,67)(H,71,72)/t33-,34+,37-,38-,39-,40-,43-,44-,45-/m0/s1. The van der Waals surface area contributed by atoms with E-state index in [-0.39, 0.29) is 37.5 Å². The summed E-state index contributed by atoms with van der Waals surface area (Å²) in [5.74, 6) is -8.60. The second-order valence-electron chi connectivity index (χ2n) is 21.2. The number of esters is 1. The summed E-state index contributed by atoms with van der Waals surface area (Å²) in [6.07, 6.45) is -1.45. The van der Waals surface area contributed by atoms with E-state index < -0.39 is 138 Å². The number of aliphatic carboxylic acids is 1. The molecule has 22 nitrogen and oxygen atoms in total. The fourth-order valence-corrected chi connectivity index (χ4v) is 7.56. The van der Waals surface area contributed by atoms with Crippen LogP contribution >= 0.6 is 0 Å². The number of alkyl carbamates (subject to hydrolysis) is 1. The number of carboxylic acid groups (broad SMARTS) is 1. The quantitative estimate of drug-likeness (QED) is 0.0502. The van der Waals surface area contributed by atoms with E-state index in [1.807, 2.05) is 20.8 Å². The maximum Gasteiger partial charge on any atom is 0.408 e. The highest BCUT2D eigenvalue weighted by molar-refractivity contribution is 5.96. The van der Waals surface area contributed by atoms with Crippen molar-refractivity contribution in [2.24, 2.45) is 29.4 Å². The van der Waals surface area contributed by atoms with Crippen LogP contribution < -0.4 is 48.3 Å². The van der Waals surface area contributed by atoms with Crippen molar-refractivity contribution in [2.45, 2.75) is 169 Å². The zero-order valence-corrected chi connectivity index (χ0v) is 46.1. The van der Waals surface area contributed by atoms with Gasteiger partial charge in [0, 0.05) is 12.8 Å². The van der Waals surface area contributed by atoms with Gasteiger partial charge in [0.15, 0.2) is 0 Å². The normalized spacial score (nSPS) is 14.9. The highest BCUT2D eigenvalue weighted by Crippen LogP contribution is 2.14.